The number of rotatable bonds is 5. The minimum absolute atomic E-state index is 0. The van der Waals surface area contributed by atoms with E-state index >= 15 is 0 Å². The van der Waals surface area contributed by atoms with Crippen molar-refractivity contribution in [1.82, 2.24) is 9.88 Å². The predicted molar refractivity (Wildman–Crippen MR) is 109 cm³/mol. The van der Waals surface area contributed by atoms with E-state index in [1.165, 1.54) is 35.2 Å². The number of nitrogens with zero attached hydrogens (tertiary/aromatic N) is 3. The fraction of sp³-hybridized carbons (Fsp3) is 0.263. The highest BCUT2D eigenvalue weighted by Crippen LogP contribution is 2.32. The fourth-order valence-electron chi connectivity index (χ4n) is 2.57. The summed E-state index contributed by atoms with van der Waals surface area (Å²) in [4.78, 5) is 20.6. The Morgan fingerprint density at radius 1 is 1.10 bits per heavy atom. The van der Waals surface area contributed by atoms with Crippen molar-refractivity contribution in [3.8, 4) is 0 Å². The Hall–Kier alpha value is -2.23. The molecule has 0 aliphatic rings. The van der Waals surface area contributed by atoms with Gasteiger partial charge in [-0.1, -0.05) is 17.4 Å². The Morgan fingerprint density at radius 3 is 2.48 bits per heavy atom. The van der Waals surface area contributed by atoms with Crippen LogP contribution < -0.4 is 4.90 Å². The summed E-state index contributed by atoms with van der Waals surface area (Å²) in [7, 11) is 3.64. The van der Waals surface area contributed by atoms with Crippen molar-refractivity contribution < 1.29 is 22.4 Å². The molecule has 0 bridgehead atoms. The van der Waals surface area contributed by atoms with Crippen molar-refractivity contribution in [2.45, 2.75) is 6.18 Å². The van der Waals surface area contributed by atoms with Crippen molar-refractivity contribution in [3.63, 3.8) is 0 Å². The number of hydrogen-bond donors (Lipinski definition) is 0. The summed E-state index contributed by atoms with van der Waals surface area (Å²) in [6, 6.07) is 8.38. The molecule has 156 valence electrons. The van der Waals surface area contributed by atoms with Crippen molar-refractivity contribution in [3.05, 3.63) is 59.4 Å². The second-order valence-corrected chi connectivity index (χ2v) is 7.46. The van der Waals surface area contributed by atoms with Crippen LogP contribution in [-0.2, 0) is 6.18 Å². The summed E-state index contributed by atoms with van der Waals surface area (Å²) >= 11 is 1.12. The molecule has 3 rings (SSSR count). The van der Waals surface area contributed by atoms with Gasteiger partial charge in [0.25, 0.3) is 5.91 Å². The number of amides is 1. The van der Waals surface area contributed by atoms with Crippen LogP contribution in [0.2, 0.25) is 0 Å². The number of benzene rings is 2. The molecule has 1 aromatic heterocycles. The van der Waals surface area contributed by atoms with Gasteiger partial charge in [0, 0.05) is 18.7 Å². The summed E-state index contributed by atoms with van der Waals surface area (Å²) in [5.74, 6) is -1.01. The summed E-state index contributed by atoms with van der Waals surface area (Å²) in [5, 5.41) is 0.310. The third kappa shape index (κ3) is 5.43. The Labute approximate surface area is 175 Å². The third-order valence-corrected chi connectivity index (χ3v) is 5.06. The zero-order chi connectivity index (χ0) is 20.5. The van der Waals surface area contributed by atoms with Gasteiger partial charge in [0.15, 0.2) is 5.13 Å². The highest BCUT2D eigenvalue weighted by Gasteiger charge is 2.31. The molecule has 0 unspecified atom stereocenters. The Balaban J connectivity index is 0.00000300. The van der Waals surface area contributed by atoms with Gasteiger partial charge in [-0.05, 0) is 50.5 Å². The predicted octanol–water partition coefficient (Wildman–Crippen LogP) is 5.08. The topological polar surface area (TPSA) is 36.4 Å². The minimum Gasteiger partial charge on any atom is -0.308 e. The van der Waals surface area contributed by atoms with Crippen LogP contribution in [0.4, 0.5) is 22.7 Å². The average Bonchev–Trinajstić information content (AvgIpc) is 3.03. The number of anilines is 1. The summed E-state index contributed by atoms with van der Waals surface area (Å²) in [6.07, 6.45) is -4.54. The number of halogens is 5. The Morgan fingerprint density at radius 2 is 1.83 bits per heavy atom. The summed E-state index contributed by atoms with van der Waals surface area (Å²) in [5.41, 5.74) is -0.454. The first kappa shape index (κ1) is 23.1. The van der Waals surface area contributed by atoms with Gasteiger partial charge in [-0.25, -0.2) is 9.37 Å². The first-order valence-electron chi connectivity index (χ1n) is 8.35. The molecule has 2 aromatic carbocycles. The molecule has 4 nitrogen and oxygen atoms in total. The first-order chi connectivity index (χ1) is 13.1. The van der Waals surface area contributed by atoms with Crippen LogP contribution in [0.25, 0.3) is 10.2 Å². The van der Waals surface area contributed by atoms with Crippen LogP contribution >= 0.6 is 23.7 Å². The van der Waals surface area contributed by atoms with Crippen LogP contribution in [0.1, 0.15) is 15.9 Å². The molecule has 0 atom stereocenters. The zero-order valence-corrected chi connectivity index (χ0v) is 17.2. The van der Waals surface area contributed by atoms with Crippen molar-refractivity contribution in [2.24, 2.45) is 0 Å². The minimum atomic E-state index is -4.54. The lowest BCUT2D eigenvalue weighted by molar-refractivity contribution is -0.137. The molecular weight excluding hydrogens is 430 g/mol. The smallest absolute Gasteiger partial charge is 0.308 e. The zero-order valence-electron chi connectivity index (χ0n) is 15.5. The lowest BCUT2D eigenvalue weighted by Gasteiger charge is -2.22. The van der Waals surface area contributed by atoms with Crippen molar-refractivity contribution >= 4 is 45.0 Å². The maximum atomic E-state index is 13.5. The van der Waals surface area contributed by atoms with Crippen LogP contribution in [0.5, 0.6) is 0 Å². The Bertz CT molecular complexity index is 1010. The highest BCUT2D eigenvalue weighted by molar-refractivity contribution is 7.22. The largest absolute Gasteiger partial charge is 0.416 e. The number of aromatic nitrogens is 1. The molecule has 0 N–H and O–H groups in total. The van der Waals surface area contributed by atoms with Crippen LogP contribution in [0.15, 0.2) is 42.5 Å². The van der Waals surface area contributed by atoms with Gasteiger partial charge in [0.1, 0.15) is 5.82 Å². The number of carbonyl (C=O) groups excluding carboxylic acids is 1. The van der Waals surface area contributed by atoms with E-state index in [0.717, 1.165) is 23.5 Å². The lowest BCUT2D eigenvalue weighted by Crippen LogP contribution is -2.36. The number of hydrogen-bond acceptors (Lipinski definition) is 4. The number of carbonyl (C=O) groups is 1. The molecule has 1 heterocycles. The maximum absolute atomic E-state index is 13.5. The molecule has 0 saturated carbocycles. The van der Waals surface area contributed by atoms with Crippen molar-refractivity contribution in [2.75, 3.05) is 32.1 Å². The van der Waals surface area contributed by atoms with Crippen LogP contribution in [-0.4, -0.2) is 43.0 Å². The quantitative estimate of drug-likeness (QED) is 0.511. The number of fused-ring (bicyclic) bond motifs is 1. The lowest BCUT2D eigenvalue weighted by atomic mass is 10.1. The van der Waals surface area contributed by atoms with E-state index in [1.54, 1.807) is 0 Å². The van der Waals surface area contributed by atoms with E-state index in [0.29, 0.717) is 21.9 Å². The molecule has 29 heavy (non-hydrogen) atoms. The van der Waals surface area contributed by atoms with Gasteiger partial charge in [0.2, 0.25) is 0 Å². The molecule has 0 aliphatic carbocycles. The van der Waals surface area contributed by atoms with Gasteiger partial charge < -0.3 is 4.90 Å². The van der Waals surface area contributed by atoms with Gasteiger partial charge >= 0.3 is 6.18 Å². The second-order valence-electron chi connectivity index (χ2n) is 6.45. The number of alkyl halides is 3. The molecular formula is C19H18ClF4N3OS. The van der Waals surface area contributed by atoms with E-state index in [-0.39, 0.29) is 24.5 Å². The fourth-order valence-corrected chi connectivity index (χ4v) is 3.59. The van der Waals surface area contributed by atoms with Gasteiger partial charge in [-0.2, -0.15) is 13.2 Å². The molecule has 0 spiro atoms. The van der Waals surface area contributed by atoms with Crippen LogP contribution in [0.3, 0.4) is 0 Å². The number of likely N-dealkylation sites (N-methyl/N-ethyl adjacent to an activating group) is 1. The highest BCUT2D eigenvalue weighted by atomic mass is 35.5. The van der Waals surface area contributed by atoms with E-state index in [1.807, 2.05) is 19.0 Å². The Kier molecular flexibility index (Phi) is 7.20. The molecule has 1 amide bonds. The average molecular weight is 448 g/mol. The summed E-state index contributed by atoms with van der Waals surface area (Å²) in [6.45, 7) is 0.708. The van der Waals surface area contributed by atoms with E-state index < -0.39 is 23.5 Å². The molecule has 0 aliphatic heterocycles. The van der Waals surface area contributed by atoms with Crippen molar-refractivity contribution in [1.29, 1.82) is 0 Å². The molecule has 0 fully saturated rings. The number of thiazole rings is 1. The summed E-state index contributed by atoms with van der Waals surface area (Å²) < 4.78 is 53.1. The van der Waals surface area contributed by atoms with Crippen LogP contribution in [0, 0.1) is 5.82 Å². The molecule has 0 radical (unpaired) electrons. The molecule has 0 saturated heterocycles. The van der Waals surface area contributed by atoms with Gasteiger partial charge in [0.05, 0.1) is 15.8 Å². The van der Waals surface area contributed by atoms with E-state index in [9.17, 15) is 22.4 Å². The first-order valence-corrected chi connectivity index (χ1v) is 9.17. The van der Waals surface area contributed by atoms with E-state index in [2.05, 4.69) is 4.98 Å². The normalized spacial score (nSPS) is 11.6. The molecule has 3 aromatic rings. The van der Waals surface area contributed by atoms with Gasteiger partial charge in [-0.3, -0.25) is 9.69 Å². The standard InChI is InChI=1S/C19H17F4N3OS.ClH/c1-25(2)8-9-26(18-24-15-7-6-14(20)11-16(15)28-18)17(27)12-4-3-5-13(10-12)19(21,22)23;/h3-7,10-11H,8-9H2,1-2H3;1H. The third-order valence-electron chi connectivity index (χ3n) is 4.02. The second kappa shape index (κ2) is 9.06. The van der Waals surface area contributed by atoms with E-state index in [4.69, 9.17) is 0 Å². The molecule has 10 heteroatoms. The maximum Gasteiger partial charge on any atom is 0.416 e. The monoisotopic (exact) mass is 447 g/mol. The SMILES string of the molecule is CN(C)CCN(C(=O)c1cccc(C(F)(F)F)c1)c1nc2ccc(F)cc2s1.Cl. The van der Waals surface area contributed by atoms with Gasteiger partial charge in [-0.15, -0.1) is 12.4 Å².